The van der Waals surface area contributed by atoms with Gasteiger partial charge in [0.25, 0.3) is 10.0 Å². The zero-order chi connectivity index (χ0) is 19.7. The lowest BCUT2D eigenvalue weighted by atomic mass is 10.2. The van der Waals surface area contributed by atoms with E-state index in [0.717, 1.165) is 16.9 Å². The van der Waals surface area contributed by atoms with Gasteiger partial charge in [-0.05, 0) is 48.7 Å². The molecule has 0 spiro atoms. The highest BCUT2D eigenvalue weighted by Gasteiger charge is 2.24. The Labute approximate surface area is 162 Å². The number of hydrogen-bond acceptors (Lipinski definition) is 6. The van der Waals surface area contributed by atoms with Crippen LogP contribution in [-0.4, -0.2) is 23.9 Å². The second-order valence-corrected chi connectivity index (χ2v) is 10.5. The topological polar surface area (TPSA) is 89.5 Å². The van der Waals surface area contributed by atoms with Gasteiger partial charge in [-0.2, -0.15) is 0 Å². The van der Waals surface area contributed by atoms with E-state index in [9.17, 15) is 16.8 Å². The lowest BCUT2D eigenvalue weighted by Crippen LogP contribution is -2.13. The van der Waals surface area contributed by atoms with E-state index in [1.165, 1.54) is 43.5 Å². The van der Waals surface area contributed by atoms with Gasteiger partial charge in [-0.1, -0.05) is 23.8 Å². The summed E-state index contributed by atoms with van der Waals surface area (Å²) in [7, 11) is -6.32. The van der Waals surface area contributed by atoms with Crippen LogP contribution >= 0.6 is 11.3 Å². The van der Waals surface area contributed by atoms with Gasteiger partial charge in [0.1, 0.15) is 14.9 Å². The van der Waals surface area contributed by atoms with Gasteiger partial charge in [0.2, 0.25) is 9.84 Å². The molecule has 0 atom stereocenters. The van der Waals surface area contributed by atoms with Crippen LogP contribution < -0.4 is 9.46 Å². The van der Waals surface area contributed by atoms with Gasteiger partial charge < -0.3 is 4.74 Å². The molecule has 0 saturated carbocycles. The Hall–Kier alpha value is -2.36. The van der Waals surface area contributed by atoms with Crippen LogP contribution in [0.25, 0.3) is 0 Å². The van der Waals surface area contributed by atoms with E-state index in [4.69, 9.17) is 4.74 Å². The molecule has 0 aliphatic rings. The summed E-state index contributed by atoms with van der Waals surface area (Å²) >= 11 is 1.08. The summed E-state index contributed by atoms with van der Waals surface area (Å²) < 4.78 is 58.6. The van der Waals surface area contributed by atoms with Crippen LogP contribution in [0.3, 0.4) is 0 Å². The summed E-state index contributed by atoms with van der Waals surface area (Å²) in [4.78, 5) is -0.0110. The van der Waals surface area contributed by atoms with Crippen molar-refractivity contribution in [3.63, 3.8) is 0 Å². The molecule has 0 aliphatic carbocycles. The molecule has 27 heavy (non-hydrogen) atoms. The molecule has 6 nitrogen and oxygen atoms in total. The van der Waals surface area contributed by atoms with Crippen LogP contribution in [-0.2, 0) is 19.9 Å². The number of sulfone groups is 1. The van der Waals surface area contributed by atoms with Gasteiger partial charge in [0.15, 0.2) is 0 Å². The highest BCUT2D eigenvalue weighted by molar-refractivity contribution is 7.93. The quantitative estimate of drug-likeness (QED) is 0.653. The highest BCUT2D eigenvalue weighted by Crippen LogP contribution is 2.34. The molecule has 0 bridgehead atoms. The van der Waals surface area contributed by atoms with E-state index in [2.05, 4.69) is 4.72 Å². The van der Waals surface area contributed by atoms with Gasteiger partial charge in [0, 0.05) is 0 Å². The first kappa shape index (κ1) is 19.4. The number of nitrogens with one attached hydrogen (secondary N) is 1. The molecule has 9 heteroatoms. The molecule has 0 saturated heterocycles. The maximum Gasteiger partial charge on any atom is 0.261 e. The Balaban J connectivity index is 2.02. The Morgan fingerprint density at radius 2 is 1.67 bits per heavy atom. The molecular formula is C18H17NO5S3. The van der Waals surface area contributed by atoms with Gasteiger partial charge in [-0.15, -0.1) is 11.3 Å². The number of methoxy groups -OCH3 is 1. The van der Waals surface area contributed by atoms with Crippen molar-refractivity contribution in [2.24, 2.45) is 0 Å². The van der Waals surface area contributed by atoms with Gasteiger partial charge in [-0.25, -0.2) is 16.8 Å². The third-order valence-electron chi connectivity index (χ3n) is 3.80. The van der Waals surface area contributed by atoms with Crippen molar-refractivity contribution in [3.05, 3.63) is 65.5 Å². The zero-order valence-corrected chi connectivity index (χ0v) is 17.0. The summed E-state index contributed by atoms with van der Waals surface area (Å²) in [6.07, 6.45) is 0. The summed E-state index contributed by atoms with van der Waals surface area (Å²) in [5.41, 5.74) is 1.06. The fraction of sp³-hybridized carbons (Fsp3) is 0.111. The van der Waals surface area contributed by atoms with E-state index >= 15 is 0 Å². The number of aryl methyl sites for hydroxylation is 1. The first-order chi connectivity index (χ1) is 12.7. The van der Waals surface area contributed by atoms with E-state index in [1.807, 2.05) is 6.92 Å². The van der Waals surface area contributed by atoms with Crippen molar-refractivity contribution in [1.82, 2.24) is 0 Å². The maximum atomic E-state index is 12.9. The molecule has 0 aliphatic heterocycles. The van der Waals surface area contributed by atoms with E-state index in [0.29, 0.717) is 0 Å². The van der Waals surface area contributed by atoms with Gasteiger partial charge >= 0.3 is 0 Å². The number of ether oxygens (including phenoxy) is 1. The number of hydrogen-bond donors (Lipinski definition) is 1. The third-order valence-corrected chi connectivity index (χ3v) is 8.37. The molecule has 142 valence electrons. The molecule has 1 aromatic heterocycles. The summed E-state index contributed by atoms with van der Waals surface area (Å²) in [6.45, 7) is 1.86. The molecule has 3 aromatic rings. The fourth-order valence-corrected chi connectivity index (χ4v) is 6.02. The predicted molar refractivity (Wildman–Crippen MR) is 105 cm³/mol. The molecule has 1 heterocycles. The Kier molecular flexibility index (Phi) is 5.27. The Morgan fingerprint density at radius 3 is 2.26 bits per heavy atom. The SMILES string of the molecule is COc1ccc(NS(=O)(=O)c2ccc(C)cc2)cc1S(=O)(=O)c1cccs1. The fourth-order valence-electron chi connectivity index (χ4n) is 2.41. The van der Waals surface area contributed by atoms with E-state index in [1.54, 1.807) is 23.6 Å². The minimum absolute atomic E-state index is 0.0894. The monoisotopic (exact) mass is 423 g/mol. The molecule has 0 fully saturated rings. The zero-order valence-electron chi connectivity index (χ0n) is 14.5. The van der Waals surface area contributed by atoms with Crippen molar-refractivity contribution < 1.29 is 21.6 Å². The molecular weight excluding hydrogens is 406 g/mol. The second-order valence-electron chi connectivity index (χ2n) is 5.72. The van der Waals surface area contributed by atoms with Crippen LogP contribution in [0.2, 0.25) is 0 Å². The molecule has 0 radical (unpaired) electrons. The van der Waals surface area contributed by atoms with Crippen LogP contribution in [0.1, 0.15) is 5.56 Å². The largest absolute Gasteiger partial charge is 0.495 e. The van der Waals surface area contributed by atoms with E-state index in [-0.39, 0.29) is 25.4 Å². The van der Waals surface area contributed by atoms with Crippen LogP contribution in [0.15, 0.2) is 74.0 Å². The first-order valence-corrected chi connectivity index (χ1v) is 11.6. The summed E-state index contributed by atoms with van der Waals surface area (Å²) in [5.74, 6) is 0.140. The normalized spacial score (nSPS) is 11.9. The minimum Gasteiger partial charge on any atom is -0.495 e. The average Bonchev–Trinajstić information content (AvgIpc) is 3.17. The molecule has 2 aromatic carbocycles. The van der Waals surface area contributed by atoms with E-state index < -0.39 is 19.9 Å². The number of thiophene rings is 1. The first-order valence-electron chi connectivity index (χ1n) is 7.80. The number of sulfonamides is 1. The third kappa shape index (κ3) is 4.00. The molecule has 0 amide bonds. The highest BCUT2D eigenvalue weighted by atomic mass is 32.2. The van der Waals surface area contributed by atoms with Crippen molar-refractivity contribution in [3.8, 4) is 5.75 Å². The Morgan fingerprint density at radius 1 is 0.963 bits per heavy atom. The van der Waals surface area contributed by atoms with Crippen LogP contribution in [0.5, 0.6) is 5.75 Å². The number of benzene rings is 2. The maximum absolute atomic E-state index is 12.9. The minimum atomic E-state index is -3.85. The lowest BCUT2D eigenvalue weighted by Gasteiger charge is -2.13. The van der Waals surface area contributed by atoms with Crippen LogP contribution in [0.4, 0.5) is 5.69 Å². The van der Waals surface area contributed by atoms with Crippen molar-refractivity contribution in [2.75, 3.05) is 11.8 Å². The summed E-state index contributed by atoms with van der Waals surface area (Å²) in [5, 5.41) is 1.66. The molecule has 1 N–H and O–H groups in total. The average molecular weight is 424 g/mol. The predicted octanol–water partition coefficient (Wildman–Crippen LogP) is 3.70. The number of rotatable bonds is 6. The van der Waals surface area contributed by atoms with Crippen molar-refractivity contribution in [2.45, 2.75) is 20.9 Å². The standard InChI is InChI=1S/C18H17NO5S3/c1-13-5-8-15(9-6-13)27(22,23)19-14-7-10-16(24-2)17(12-14)26(20,21)18-4-3-11-25-18/h3-12,19H,1-2H3. The van der Waals surface area contributed by atoms with Crippen molar-refractivity contribution >= 4 is 36.9 Å². The molecule has 0 unspecified atom stereocenters. The van der Waals surface area contributed by atoms with Crippen molar-refractivity contribution in [1.29, 1.82) is 0 Å². The van der Waals surface area contributed by atoms with Crippen LogP contribution in [0, 0.1) is 6.92 Å². The second kappa shape index (κ2) is 7.34. The molecule has 3 rings (SSSR count). The summed E-state index contributed by atoms with van der Waals surface area (Å²) in [6, 6.07) is 13.6. The smallest absolute Gasteiger partial charge is 0.261 e. The van der Waals surface area contributed by atoms with Gasteiger partial charge in [0.05, 0.1) is 17.7 Å². The number of anilines is 1. The van der Waals surface area contributed by atoms with Gasteiger partial charge in [-0.3, -0.25) is 4.72 Å². The lowest BCUT2D eigenvalue weighted by molar-refractivity contribution is 0.403. The Bertz CT molecular complexity index is 1150.